The zero-order chi connectivity index (χ0) is 14.3. The van der Waals surface area contributed by atoms with E-state index in [2.05, 4.69) is 5.32 Å². The van der Waals surface area contributed by atoms with Gasteiger partial charge in [-0.3, -0.25) is 0 Å². The fraction of sp³-hybridized carbons (Fsp3) is 0.429. The number of hydrogen-bond acceptors (Lipinski definition) is 5. The van der Waals surface area contributed by atoms with Crippen LogP contribution in [0.2, 0.25) is 0 Å². The highest BCUT2D eigenvalue weighted by atomic mass is 16.5. The van der Waals surface area contributed by atoms with E-state index in [1.807, 2.05) is 0 Å². The van der Waals surface area contributed by atoms with Crippen molar-refractivity contribution in [2.75, 3.05) is 19.0 Å². The van der Waals surface area contributed by atoms with Crippen molar-refractivity contribution < 1.29 is 19.1 Å². The van der Waals surface area contributed by atoms with Crippen molar-refractivity contribution in [2.24, 2.45) is 5.92 Å². The minimum Gasteiger partial charge on any atom is -0.497 e. The third-order valence-corrected chi connectivity index (χ3v) is 2.69. The molecule has 0 aromatic heterocycles. The molecule has 2 atom stereocenters. The Kier molecular flexibility index (Phi) is 5.85. The van der Waals surface area contributed by atoms with Crippen LogP contribution in [-0.4, -0.2) is 32.0 Å². The molecule has 5 heteroatoms. The molecule has 0 aliphatic carbocycles. The number of aldehydes is 1. The van der Waals surface area contributed by atoms with E-state index in [1.165, 1.54) is 0 Å². The fourth-order valence-corrected chi connectivity index (χ4v) is 1.58. The van der Waals surface area contributed by atoms with Crippen LogP contribution in [0.25, 0.3) is 0 Å². The van der Waals surface area contributed by atoms with Crippen LogP contribution >= 0.6 is 0 Å². The molecule has 1 rings (SSSR count). The van der Waals surface area contributed by atoms with Gasteiger partial charge in [-0.1, -0.05) is 6.92 Å². The van der Waals surface area contributed by atoms with Crippen LogP contribution in [0.5, 0.6) is 5.75 Å². The quantitative estimate of drug-likeness (QED) is 0.602. The SMILES string of the molecule is CCOC(=O)[C@@H](Nc1ccc(OC)cc1)[C@@H](C)C=O. The molecule has 19 heavy (non-hydrogen) atoms. The van der Waals surface area contributed by atoms with Crippen LogP contribution in [0, 0.1) is 5.92 Å². The summed E-state index contributed by atoms with van der Waals surface area (Å²) in [5.41, 5.74) is 0.729. The van der Waals surface area contributed by atoms with E-state index >= 15 is 0 Å². The summed E-state index contributed by atoms with van der Waals surface area (Å²) in [6.07, 6.45) is 0.734. The van der Waals surface area contributed by atoms with Crippen molar-refractivity contribution >= 4 is 17.9 Å². The Morgan fingerprint density at radius 3 is 2.47 bits per heavy atom. The Labute approximate surface area is 112 Å². The van der Waals surface area contributed by atoms with E-state index in [0.29, 0.717) is 0 Å². The van der Waals surface area contributed by atoms with Gasteiger partial charge >= 0.3 is 5.97 Å². The molecule has 0 radical (unpaired) electrons. The Morgan fingerprint density at radius 1 is 1.37 bits per heavy atom. The molecular formula is C14H19NO4. The highest BCUT2D eigenvalue weighted by Gasteiger charge is 2.25. The minimum absolute atomic E-state index is 0.283. The van der Waals surface area contributed by atoms with E-state index in [-0.39, 0.29) is 6.61 Å². The third kappa shape index (κ3) is 4.28. The first-order chi connectivity index (χ1) is 9.12. The molecule has 0 saturated carbocycles. The number of ether oxygens (including phenoxy) is 2. The number of benzene rings is 1. The van der Waals surface area contributed by atoms with Gasteiger partial charge < -0.3 is 19.6 Å². The number of carbonyl (C=O) groups is 2. The molecule has 0 heterocycles. The van der Waals surface area contributed by atoms with Gasteiger partial charge in [0, 0.05) is 11.6 Å². The summed E-state index contributed by atoms with van der Waals surface area (Å²) in [6, 6.07) is 6.42. The summed E-state index contributed by atoms with van der Waals surface area (Å²) in [4.78, 5) is 22.7. The van der Waals surface area contributed by atoms with Crippen molar-refractivity contribution in [1.29, 1.82) is 0 Å². The molecule has 0 bridgehead atoms. The number of nitrogens with one attached hydrogen (secondary N) is 1. The summed E-state index contributed by atoms with van der Waals surface area (Å²) >= 11 is 0. The molecule has 104 valence electrons. The molecule has 0 saturated heterocycles. The number of carbonyl (C=O) groups excluding carboxylic acids is 2. The van der Waals surface area contributed by atoms with Gasteiger partial charge in [-0.15, -0.1) is 0 Å². The maximum Gasteiger partial charge on any atom is 0.329 e. The van der Waals surface area contributed by atoms with Crippen LogP contribution in [0.4, 0.5) is 5.69 Å². The summed E-state index contributed by atoms with van der Waals surface area (Å²) in [5.74, 6) is -0.180. The van der Waals surface area contributed by atoms with Gasteiger partial charge in [0.05, 0.1) is 13.7 Å². The Hall–Kier alpha value is -2.04. The highest BCUT2D eigenvalue weighted by molar-refractivity contribution is 5.83. The molecule has 0 unspecified atom stereocenters. The molecular weight excluding hydrogens is 246 g/mol. The van der Waals surface area contributed by atoms with Crippen molar-refractivity contribution in [3.63, 3.8) is 0 Å². The van der Waals surface area contributed by atoms with Crippen LogP contribution in [-0.2, 0) is 14.3 Å². The van der Waals surface area contributed by atoms with Gasteiger partial charge in [-0.2, -0.15) is 0 Å². The number of rotatable bonds is 7. The monoisotopic (exact) mass is 265 g/mol. The lowest BCUT2D eigenvalue weighted by Crippen LogP contribution is -2.37. The van der Waals surface area contributed by atoms with Crippen LogP contribution in [0.1, 0.15) is 13.8 Å². The van der Waals surface area contributed by atoms with Gasteiger partial charge in [0.1, 0.15) is 18.1 Å². The largest absolute Gasteiger partial charge is 0.497 e. The Morgan fingerprint density at radius 2 is 2.00 bits per heavy atom. The predicted octanol–water partition coefficient (Wildman–Crippen LogP) is 1.87. The summed E-state index contributed by atoms with van der Waals surface area (Å²) in [7, 11) is 1.58. The number of methoxy groups -OCH3 is 1. The lowest BCUT2D eigenvalue weighted by atomic mass is 10.0. The van der Waals surface area contributed by atoms with Gasteiger partial charge in [0.25, 0.3) is 0 Å². The molecule has 1 aromatic rings. The summed E-state index contributed by atoms with van der Waals surface area (Å²) in [6.45, 7) is 3.68. The topological polar surface area (TPSA) is 64.6 Å². The van der Waals surface area contributed by atoms with Gasteiger partial charge in [0.2, 0.25) is 0 Å². The second-order valence-corrected chi connectivity index (χ2v) is 4.10. The number of anilines is 1. The summed E-state index contributed by atoms with van der Waals surface area (Å²) in [5, 5.41) is 3.00. The minimum atomic E-state index is -0.689. The molecule has 5 nitrogen and oxygen atoms in total. The summed E-state index contributed by atoms with van der Waals surface area (Å²) < 4.78 is 10.0. The molecule has 0 amide bonds. The molecule has 0 aliphatic rings. The van der Waals surface area contributed by atoms with E-state index in [1.54, 1.807) is 45.2 Å². The van der Waals surface area contributed by atoms with Crippen LogP contribution < -0.4 is 10.1 Å². The average Bonchev–Trinajstić information content (AvgIpc) is 2.44. The first-order valence-electron chi connectivity index (χ1n) is 6.14. The zero-order valence-electron chi connectivity index (χ0n) is 11.4. The average molecular weight is 265 g/mol. The second-order valence-electron chi connectivity index (χ2n) is 4.10. The van der Waals surface area contributed by atoms with E-state index < -0.39 is 17.9 Å². The number of hydrogen-bond donors (Lipinski definition) is 1. The molecule has 0 fully saturated rings. The third-order valence-electron chi connectivity index (χ3n) is 2.69. The van der Waals surface area contributed by atoms with Gasteiger partial charge in [0.15, 0.2) is 0 Å². The predicted molar refractivity (Wildman–Crippen MR) is 72.3 cm³/mol. The Bertz CT molecular complexity index is 416. The maximum atomic E-state index is 11.8. The normalized spacial score (nSPS) is 13.2. The standard InChI is InChI=1S/C14H19NO4/c1-4-19-14(17)13(10(2)9-16)15-11-5-7-12(18-3)8-6-11/h5-10,13,15H,4H2,1-3H3/t10-,13-/m0/s1. The lowest BCUT2D eigenvalue weighted by Gasteiger charge is -2.20. The van der Waals surface area contributed by atoms with Crippen molar-refractivity contribution in [2.45, 2.75) is 19.9 Å². The molecule has 1 N–H and O–H groups in total. The molecule has 0 aliphatic heterocycles. The Balaban J connectivity index is 2.80. The molecule has 0 spiro atoms. The van der Waals surface area contributed by atoms with E-state index in [9.17, 15) is 9.59 Å². The van der Waals surface area contributed by atoms with Crippen LogP contribution in [0.15, 0.2) is 24.3 Å². The lowest BCUT2D eigenvalue weighted by molar-refractivity contribution is -0.146. The first-order valence-corrected chi connectivity index (χ1v) is 6.14. The molecule has 1 aromatic carbocycles. The van der Waals surface area contributed by atoms with Crippen molar-refractivity contribution in [3.8, 4) is 5.75 Å². The fourth-order valence-electron chi connectivity index (χ4n) is 1.58. The van der Waals surface area contributed by atoms with Gasteiger partial charge in [-0.05, 0) is 31.2 Å². The van der Waals surface area contributed by atoms with E-state index in [0.717, 1.165) is 17.7 Å². The smallest absolute Gasteiger partial charge is 0.329 e. The van der Waals surface area contributed by atoms with Crippen LogP contribution in [0.3, 0.4) is 0 Å². The number of esters is 1. The van der Waals surface area contributed by atoms with Crippen molar-refractivity contribution in [3.05, 3.63) is 24.3 Å². The zero-order valence-corrected chi connectivity index (χ0v) is 11.4. The maximum absolute atomic E-state index is 11.8. The van der Waals surface area contributed by atoms with Crippen molar-refractivity contribution in [1.82, 2.24) is 0 Å². The van der Waals surface area contributed by atoms with Gasteiger partial charge in [-0.25, -0.2) is 4.79 Å². The highest BCUT2D eigenvalue weighted by Crippen LogP contribution is 2.18. The van der Waals surface area contributed by atoms with E-state index in [4.69, 9.17) is 9.47 Å². The first kappa shape index (κ1) is 15.0. The second kappa shape index (κ2) is 7.41.